The lowest BCUT2D eigenvalue weighted by Gasteiger charge is -2.12. The molecule has 0 saturated carbocycles. The molecular formula is C15H11Br2ClN2. The minimum atomic E-state index is 0.363. The monoisotopic (exact) mass is 412 g/mol. The van der Waals surface area contributed by atoms with Gasteiger partial charge in [-0.1, -0.05) is 12.1 Å². The summed E-state index contributed by atoms with van der Waals surface area (Å²) < 4.78 is 4.10. The zero-order valence-corrected chi connectivity index (χ0v) is 14.6. The van der Waals surface area contributed by atoms with Crippen LogP contribution >= 0.6 is 43.5 Å². The van der Waals surface area contributed by atoms with Gasteiger partial charge in [0, 0.05) is 8.95 Å². The van der Waals surface area contributed by atoms with Crippen LogP contribution in [0.25, 0.3) is 16.7 Å². The van der Waals surface area contributed by atoms with E-state index in [4.69, 9.17) is 11.6 Å². The second-order valence-electron chi connectivity index (χ2n) is 4.56. The average Bonchev–Trinajstić information content (AvgIpc) is 2.77. The number of hydrogen-bond donors (Lipinski definition) is 0. The Bertz CT molecular complexity index is 776. The fourth-order valence-corrected chi connectivity index (χ4v) is 3.81. The molecular weight excluding hydrogens is 403 g/mol. The highest BCUT2D eigenvalue weighted by atomic mass is 79.9. The lowest BCUT2D eigenvalue weighted by molar-refractivity contribution is 0.972. The first kappa shape index (κ1) is 14.1. The van der Waals surface area contributed by atoms with Gasteiger partial charge in [0.15, 0.2) is 0 Å². The van der Waals surface area contributed by atoms with E-state index in [0.29, 0.717) is 5.88 Å². The molecule has 3 aromatic rings. The predicted octanol–water partition coefficient (Wildman–Crippen LogP) is 5.60. The zero-order chi connectivity index (χ0) is 14.3. The fourth-order valence-electron chi connectivity index (χ4n) is 2.28. The van der Waals surface area contributed by atoms with Crippen molar-refractivity contribution in [3.63, 3.8) is 0 Å². The Morgan fingerprint density at radius 2 is 1.85 bits per heavy atom. The van der Waals surface area contributed by atoms with Crippen LogP contribution in [0.3, 0.4) is 0 Å². The van der Waals surface area contributed by atoms with Gasteiger partial charge in [-0.2, -0.15) is 0 Å². The number of benzene rings is 2. The highest BCUT2D eigenvalue weighted by Crippen LogP contribution is 2.33. The van der Waals surface area contributed by atoms with E-state index in [0.717, 1.165) is 31.5 Å². The molecule has 20 heavy (non-hydrogen) atoms. The number of rotatable bonds is 2. The smallest absolute Gasteiger partial charge is 0.129 e. The molecule has 0 atom stereocenters. The number of alkyl halides is 1. The molecule has 0 bridgehead atoms. The summed E-state index contributed by atoms with van der Waals surface area (Å²) in [5.74, 6) is 1.20. The average molecular weight is 415 g/mol. The quantitative estimate of drug-likeness (QED) is 0.499. The van der Waals surface area contributed by atoms with Crippen molar-refractivity contribution >= 4 is 54.5 Å². The van der Waals surface area contributed by atoms with Crippen molar-refractivity contribution in [1.82, 2.24) is 9.55 Å². The first-order valence-electron chi connectivity index (χ1n) is 6.10. The van der Waals surface area contributed by atoms with Crippen LogP contribution in [0.15, 0.2) is 45.3 Å². The number of aryl methyl sites for hydroxylation is 1. The van der Waals surface area contributed by atoms with E-state index in [2.05, 4.69) is 60.5 Å². The molecule has 0 aliphatic rings. The van der Waals surface area contributed by atoms with Crippen molar-refractivity contribution in [2.45, 2.75) is 12.8 Å². The predicted molar refractivity (Wildman–Crippen MR) is 90.8 cm³/mol. The number of imidazole rings is 1. The van der Waals surface area contributed by atoms with E-state index in [1.54, 1.807) is 0 Å². The number of para-hydroxylation sites is 1. The third kappa shape index (κ3) is 2.30. The van der Waals surface area contributed by atoms with Crippen molar-refractivity contribution < 1.29 is 0 Å². The summed E-state index contributed by atoms with van der Waals surface area (Å²) in [5, 5.41) is 0. The number of nitrogens with zero attached hydrogens (tertiary/aromatic N) is 2. The van der Waals surface area contributed by atoms with Crippen molar-refractivity contribution in [2.24, 2.45) is 0 Å². The maximum Gasteiger partial charge on any atom is 0.129 e. The second-order valence-corrected chi connectivity index (χ2v) is 6.54. The first-order valence-corrected chi connectivity index (χ1v) is 8.22. The zero-order valence-electron chi connectivity index (χ0n) is 10.7. The van der Waals surface area contributed by atoms with E-state index in [1.165, 1.54) is 5.56 Å². The van der Waals surface area contributed by atoms with Crippen LogP contribution in [0.1, 0.15) is 11.4 Å². The minimum Gasteiger partial charge on any atom is -0.293 e. The van der Waals surface area contributed by atoms with Gasteiger partial charge in [-0.05, 0) is 68.6 Å². The van der Waals surface area contributed by atoms with Gasteiger partial charge in [0.25, 0.3) is 0 Å². The first-order chi connectivity index (χ1) is 9.61. The summed E-state index contributed by atoms with van der Waals surface area (Å²) in [6.45, 7) is 2.08. The maximum absolute atomic E-state index is 6.08. The maximum atomic E-state index is 6.08. The van der Waals surface area contributed by atoms with Gasteiger partial charge < -0.3 is 0 Å². The van der Waals surface area contributed by atoms with Crippen LogP contribution in [-0.2, 0) is 5.88 Å². The summed E-state index contributed by atoms with van der Waals surface area (Å²) in [4.78, 5) is 4.62. The van der Waals surface area contributed by atoms with E-state index >= 15 is 0 Å². The summed E-state index contributed by atoms with van der Waals surface area (Å²) >= 11 is 13.3. The van der Waals surface area contributed by atoms with Gasteiger partial charge in [0.2, 0.25) is 0 Å². The van der Waals surface area contributed by atoms with Crippen molar-refractivity contribution in [2.75, 3.05) is 0 Å². The molecule has 0 fully saturated rings. The molecule has 0 aliphatic heterocycles. The standard InChI is InChI=1S/C15H11Br2ClN2/c1-9-5-6-12-13(7-9)20(14(8-18)19-12)15-10(16)3-2-4-11(15)17/h2-7H,8H2,1H3. The van der Waals surface area contributed by atoms with Crippen LogP contribution in [0.4, 0.5) is 0 Å². The number of halogens is 3. The lowest BCUT2D eigenvalue weighted by atomic mass is 10.2. The van der Waals surface area contributed by atoms with E-state index in [1.807, 2.05) is 24.3 Å². The Morgan fingerprint density at radius 1 is 1.15 bits per heavy atom. The molecule has 102 valence electrons. The minimum absolute atomic E-state index is 0.363. The van der Waals surface area contributed by atoms with Gasteiger partial charge in [-0.25, -0.2) is 4.98 Å². The SMILES string of the molecule is Cc1ccc2nc(CCl)n(-c3c(Br)cccc3Br)c2c1. The molecule has 1 aromatic heterocycles. The Balaban J connectivity index is 2.42. The highest BCUT2D eigenvalue weighted by molar-refractivity contribution is 9.11. The third-order valence-electron chi connectivity index (χ3n) is 3.16. The van der Waals surface area contributed by atoms with Gasteiger partial charge in [0.1, 0.15) is 5.82 Å². The molecule has 0 aliphatic carbocycles. The van der Waals surface area contributed by atoms with E-state index in [9.17, 15) is 0 Å². The topological polar surface area (TPSA) is 17.8 Å². The molecule has 2 nitrogen and oxygen atoms in total. The van der Waals surface area contributed by atoms with Crippen LogP contribution in [-0.4, -0.2) is 9.55 Å². The number of hydrogen-bond acceptors (Lipinski definition) is 1. The van der Waals surface area contributed by atoms with Gasteiger partial charge in [0.05, 0.1) is 22.6 Å². The Kier molecular flexibility index (Phi) is 3.89. The molecule has 0 unspecified atom stereocenters. The van der Waals surface area contributed by atoms with Gasteiger partial charge in [-0.15, -0.1) is 11.6 Å². The van der Waals surface area contributed by atoms with Crippen LogP contribution < -0.4 is 0 Å². The van der Waals surface area contributed by atoms with Crippen molar-refractivity contribution in [1.29, 1.82) is 0 Å². The largest absolute Gasteiger partial charge is 0.293 e. The van der Waals surface area contributed by atoms with Crippen LogP contribution in [0.5, 0.6) is 0 Å². The molecule has 3 rings (SSSR count). The van der Waals surface area contributed by atoms with Crippen molar-refractivity contribution in [3.05, 3.63) is 56.7 Å². The number of aromatic nitrogens is 2. The second kappa shape index (κ2) is 5.51. The summed E-state index contributed by atoms with van der Waals surface area (Å²) in [5.41, 5.74) is 4.24. The molecule has 0 N–H and O–H groups in total. The van der Waals surface area contributed by atoms with Gasteiger partial charge in [-0.3, -0.25) is 4.57 Å². The van der Waals surface area contributed by atoms with Crippen LogP contribution in [0.2, 0.25) is 0 Å². The third-order valence-corrected chi connectivity index (χ3v) is 4.68. The lowest BCUT2D eigenvalue weighted by Crippen LogP contribution is -2.01. The van der Waals surface area contributed by atoms with Crippen molar-refractivity contribution in [3.8, 4) is 5.69 Å². The Morgan fingerprint density at radius 3 is 2.50 bits per heavy atom. The van der Waals surface area contributed by atoms with E-state index in [-0.39, 0.29) is 0 Å². The van der Waals surface area contributed by atoms with Gasteiger partial charge >= 0.3 is 0 Å². The Hall–Kier alpha value is -0.840. The van der Waals surface area contributed by atoms with E-state index < -0.39 is 0 Å². The molecule has 5 heteroatoms. The molecule has 0 radical (unpaired) electrons. The normalized spacial score (nSPS) is 11.2. The molecule has 0 spiro atoms. The molecule has 2 aromatic carbocycles. The molecule has 0 saturated heterocycles. The molecule has 0 amide bonds. The molecule has 1 heterocycles. The summed E-state index contributed by atoms with van der Waals surface area (Å²) in [6.07, 6.45) is 0. The summed E-state index contributed by atoms with van der Waals surface area (Å²) in [6, 6.07) is 12.2. The Labute approximate surface area is 139 Å². The number of fused-ring (bicyclic) bond motifs is 1. The summed E-state index contributed by atoms with van der Waals surface area (Å²) in [7, 11) is 0. The van der Waals surface area contributed by atoms with Crippen LogP contribution in [0, 0.1) is 6.92 Å². The fraction of sp³-hybridized carbons (Fsp3) is 0.133. The highest BCUT2D eigenvalue weighted by Gasteiger charge is 2.16.